The molecule has 148 valence electrons. The first-order valence-electron chi connectivity index (χ1n) is 9.11. The van der Waals surface area contributed by atoms with Crippen molar-refractivity contribution in [2.24, 2.45) is 5.92 Å². The summed E-state index contributed by atoms with van der Waals surface area (Å²) in [6, 6.07) is 7.15. The van der Waals surface area contributed by atoms with E-state index in [1.807, 2.05) is 43.7 Å². The average molecular weight is 374 g/mol. The molecule has 2 amide bonds. The van der Waals surface area contributed by atoms with Crippen LogP contribution >= 0.6 is 0 Å². The maximum atomic E-state index is 12.3. The minimum absolute atomic E-state index is 0.215. The van der Waals surface area contributed by atoms with Gasteiger partial charge >= 0.3 is 6.03 Å². The normalized spacial score (nSPS) is 13.0. The number of aromatic nitrogens is 2. The fourth-order valence-electron chi connectivity index (χ4n) is 2.99. The Kier molecular flexibility index (Phi) is 7.10. The Labute approximate surface area is 161 Å². The Balaban J connectivity index is 1.88. The number of hydrogen-bond donors (Lipinski definition) is 2. The summed E-state index contributed by atoms with van der Waals surface area (Å²) >= 11 is 0. The number of amides is 2. The Bertz CT molecular complexity index is 773. The molecule has 2 aromatic rings. The highest BCUT2D eigenvalue weighted by atomic mass is 16.5. The summed E-state index contributed by atoms with van der Waals surface area (Å²) in [6.45, 7) is 9.34. The number of carbonyl (C=O) groups excluding carboxylic acids is 1. The Hall–Kier alpha value is -2.70. The molecule has 0 radical (unpaired) electrons. The van der Waals surface area contributed by atoms with Gasteiger partial charge in [-0.3, -0.25) is 4.68 Å². The van der Waals surface area contributed by atoms with Crippen molar-refractivity contribution in [3.8, 4) is 11.5 Å². The third-order valence-electron chi connectivity index (χ3n) is 4.45. The maximum absolute atomic E-state index is 12.3. The van der Waals surface area contributed by atoms with Gasteiger partial charge < -0.3 is 20.1 Å². The van der Waals surface area contributed by atoms with Crippen LogP contribution in [0.15, 0.2) is 24.3 Å². The van der Waals surface area contributed by atoms with Gasteiger partial charge in [0.15, 0.2) is 0 Å². The second-order valence-corrected chi connectivity index (χ2v) is 6.90. The van der Waals surface area contributed by atoms with E-state index in [0.29, 0.717) is 12.3 Å². The molecule has 1 heterocycles. The largest absolute Gasteiger partial charge is 0.497 e. The van der Waals surface area contributed by atoms with E-state index in [9.17, 15) is 4.79 Å². The van der Waals surface area contributed by atoms with Crippen molar-refractivity contribution in [2.75, 3.05) is 20.8 Å². The van der Waals surface area contributed by atoms with E-state index in [4.69, 9.17) is 9.47 Å². The van der Waals surface area contributed by atoms with Crippen LogP contribution in [0, 0.1) is 19.8 Å². The van der Waals surface area contributed by atoms with Gasteiger partial charge in [0, 0.05) is 24.3 Å². The van der Waals surface area contributed by atoms with Gasteiger partial charge in [-0.15, -0.1) is 0 Å². The van der Waals surface area contributed by atoms with E-state index < -0.39 is 0 Å². The van der Waals surface area contributed by atoms with E-state index in [1.54, 1.807) is 14.2 Å². The molecular weight excluding hydrogens is 344 g/mol. The average Bonchev–Trinajstić information content (AvgIpc) is 2.96. The number of benzene rings is 1. The van der Waals surface area contributed by atoms with Crippen LogP contribution < -0.4 is 20.1 Å². The lowest BCUT2D eigenvalue weighted by atomic mass is 10.1. The van der Waals surface area contributed by atoms with Crippen LogP contribution in [0.5, 0.6) is 11.5 Å². The zero-order valence-electron chi connectivity index (χ0n) is 17.0. The van der Waals surface area contributed by atoms with Crippen molar-refractivity contribution in [1.29, 1.82) is 0 Å². The molecule has 0 fully saturated rings. The highest BCUT2D eigenvalue weighted by Gasteiger charge is 2.16. The van der Waals surface area contributed by atoms with Crippen molar-refractivity contribution in [2.45, 2.75) is 40.3 Å². The molecule has 1 aromatic heterocycles. The summed E-state index contributed by atoms with van der Waals surface area (Å²) < 4.78 is 12.6. The summed E-state index contributed by atoms with van der Waals surface area (Å²) in [6.07, 6.45) is 0. The number of carbonyl (C=O) groups is 1. The van der Waals surface area contributed by atoms with E-state index in [-0.39, 0.29) is 18.0 Å². The van der Waals surface area contributed by atoms with Crippen LogP contribution in [0.4, 0.5) is 4.79 Å². The number of hydrogen-bond acceptors (Lipinski definition) is 4. The third kappa shape index (κ3) is 5.64. The van der Waals surface area contributed by atoms with Crippen LogP contribution in [0.1, 0.15) is 36.8 Å². The highest BCUT2D eigenvalue weighted by molar-refractivity contribution is 5.74. The number of ether oxygens (including phenoxy) is 2. The van der Waals surface area contributed by atoms with Crippen molar-refractivity contribution in [3.05, 3.63) is 41.2 Å². The summed E-state index contributed by atoms with van der Waals surface area (Å²) in [7, 11) is 3.22. The summed E-state index contributed by atoms with van der Waals surface area (Å²) in [5.74, 6) is 1.69. The van der Waals surface area contributed by atoms with Crippen LogP contribution in [-0.2, 0) is 6.54 Å². The summed E-state index contributed by atoms with van der Waals surface area (Å²) in [5, 5.41) is 10.3. The lowest BCUT2D eigenvalue weighted by Gasteiger charge is -2.20. The number of rotatable bonds is 8. The Morgan fingerprint density at radius 1 is 1.19 bits per heavy atom. The van der Waals surface area contributed by atoms with E-state index in [1.165, 1.54) is 0 Å². The van der Waals surface area contributed by atoms with Crippen LogP contribution in [0.3, 0.4) is 0 Å². The fraction of sp³-hybridized carbons (Fsp3) is 0.500. The highest BCUT2D eigenvalue weighted by Crippen LogP contribution is 2.29. The molecule has 2 rings (SSSR count). The zero-order valence-corrected chi connectivity index (χ0v) is 17.0. The molecule has 27 heavy (non-hydrogen) atoms. The zero-order chi connectivity index (χ0) is 20.0. The summed E-state index contributed by atoms with van der Waals surface area (Å²) in [4.78, 5) is 12.3. The third-order valence-corrected chi connectivity index (χ3v) is 4.45. The molecule has 7 nitrogen and oxygen atoms in total. The number of nitrogens with zero attached hydrogens (tertiary/aromatic N) is 2. The van der Waals surface area contributed by atoms with Crippen molar-refractivity contribution >= 4 is 6.03 Å². The lowest BCUT2D eigenvalue weighted by Crippen LogP contribution is -2.39. The first kappa shape index (κ1) is 20.6. The fourth-order valence-corrected chi connectivity index (χ4v) is 2.99. The Morgan fingerprint density at radius 3 is 2.52 bits per heavy atom. The van der Waals surface area contributed by atoms with Gasteiger partial charge in [0.25, 0.3) is 0 Å². The molecule has 0 saturated carbocycles. The molecule has 2 N–H and O–H groups in total. The quantitative estimate of drug-likeness (QED) is 0.744. The van der Waals surface area contributed by atoms with Gasteiger partial charge in [0.1, 0.15) is 11.5 Å². The second kappa shape index (κ2) is 9.30. The molecule has 0 spiro atoms. The van der Waals surface area contributed by atoms with Gasteiger partial charge in [-0.25, -0.2) is 4.79 Å². The lowest BCUT2D eigenvalue weighted by molar-refractivity contribution is 0.235. The number of methoxy groups -OCH3 is 2. The van der Waals surface area contributed by atoms with E-state index in [2.05, 4.69) is 28.7 Å². The molecule has 7 heteroatoms. The maximum Gasteiger partial charge on any atom is 0.315 e. The molecule has 0 saturated heterocycles. The second-order valence-electron chi connectivity index (χ2n) is 6.90. The standard InChI is InChI=1S/C20H30N4O3/c1-13(12-24-15(3)9-14(2)23-24)11-21-20(25)22-16(4)18-10-17(26-5)7-8-19(18)27-6/h7-10,13,16H,11-12H2,1-6H3,(H2,21,22,25). The molecule has 0 aliphatic carbocycles. The molecule has 0 aliphatic rings. The van der Waals surface area contributed by atoms with Gasteiger partial charge in [0.05, 0.1) is 26.0 Å². The van der Waals surface area contributed by atoms with E-state index >= 15 is 0 Å². The predicted octanol–water partition coefficient (Wildman–Crippen LogP) is 3.21. The van der Waals surface area contributed by atoms with Gasteiger partial charge in [-0.05, 0) is 51.0 Å². The van der Waals surface area contributed by atoms with Crippen molar-refractivity contribution in [3.63, 3.8) is 0 Å². The minimum atomic E-state index is -0.221. The Morgan fingerprint density at radius 2 is 1.93 bits per heavy atom. The van der Waals surface area contributed by atoms with Gasteiger partial charge in [-0.2, -0.15) is 5.10 Å². The van der Waals surface area contributed by atoms with Crippen molar-refractivity contribution < 1.29 is 14.3 Å². The molecule has 0 aliphatic heterocycles. The smallest absolute Gasteiger partial charge is 0.315 e. The first-order chi connectivity index (χ1) is 12.8. The first-order valence-corrected chi connectivity index (χ1v) is 9.11. The number of urea groups is 1. The van der Waals surface area contributed by atoms with Crippen LogP contribution in [0.2, 0.25) is 0 Å². The molecule has 1 aromatic carbocycles. The van der Waals surface area contributed by atoms with Gasteiger partial charge in [0.2, 0.25) is 0 Å². The monoisotopic (exact) mass is 374 g/mol. The SMILES string of the molecule is COc1ccc(OC)c(C(C)NC(=O)NCC(C)Cn2nc(C)cc2C)c1. The molecule has 0 bridgehead atoms. The summed E-state index contributed by atoms with van der Waals surface area (Å²) in [5.41, 5.74) is 3.00. The topological polar surface area (TPSA) is 77.4 Å². The number of nitrogens with one attached hydrogen (secondary N) is 2. The molecule has 2 atom stereocenters. The van der Waals surface area contributed by atoms with Gasteiger partial charge in [-0.1, -0.05) is 6.92 Å². The van der Waals surface area contributed by atoms with Crippen LogP contribution in [0.25, 0.3) is 0 Å². The van der Waals surface area contributed by atoms with E-state index in [0.717, 1.165) is 29.2 Å². The molecular formula is C20H30N4O3. The predicted molar refractivity (Wildman–Crippen MR) is 105 cm³/mol. The number of aryl methyl sites for hydroxylation is 2. The molecule has 2 unspecified atom stereocenters. The van der Waals surface area contributed by atoms with Crippen LogP contribution in [-0.4, -0.2) is 36.6 Å². The minimum Gasteiger partial charge on any atom is -0.497 e. The van der Waals surface area contributed by atoms with Crippen molar-refractivity contribution in [1.82, 2.24) is 20.4 Å².